The molecule has 3 nitrogen and oxygen atoms in total. The zero-order valence-electron chi connectivity index (χ0n) is 17.4. The fraction of sp³-hybridized carbons (Fsp3) is 0.600. The highest BCUT2D eigenvalue weighted by molar-refractivity contribution is 5.79. The summed E-state index contributed by atoms with van der Waals surface area (Å²) < 4.78 is 0. The number of carbonyl (C=O) groups excluding carboxylic acids is 1. The summed E-state index contributed by atoms with van der Waals surface area (Å²) >= 11 is 0. The lowest BCUT2D eigenvalue weighted by Gasteiger charge is -2.56. The predicted octanol–water partition coefficient (Wildman–Crippen LogP) is 5.07. The molecule has 3 heteroatoms. The number of nitrogens with zero attached hydrogens (tertiary/aromatic N) is 1. The van der Waals surface area contributed by atoms with Crippen LogP contribution in [0.25, 0.3) is 5.57 Å². The van der Waals surface area contributed by atoms with E-state index in [4.69, 9.17) is 0 Å². The summed E-state index contributed by atoms with van der Waals surface area (Å²) in [5.74, 6) is 2.27. The van der Waals surface area contributed by atoms with Gasteiger partial charge in [0, 0.05) is 30.8 Å². The minimum absolute atomic E-state index is 0.150. The van der Waals surface area contributed by atoms with Crippen LogP contribution < -0.4 is 5.32 Å². The number of nitrogens with one attached hydrogen (secondary N) is 1. The molecule has 1 aromatic heterocycles. The molecule has 2 saturated carbocycles. The molecule has 3 fully saturated rings. The molecule has 1 amide bonds. The van der Waals surface area contributed by atoms with Gasteiger partial charge >= 0.3 is 0 Å². The number of carbonyl (C=O) groups is 1. The van der Waals surface area contributed by atoms with Gasteiger partial charge in [0.1, 0.15) is 0 Å². The molecule has 5 atom stereocenters. The van der Waals surface area contributed by atoms with Crippen molar-refractivity contribution in [2.75, 3.05) is 6.54 Å². The summed E-state index contributed by atoms with van der Waals surface area (Å²) in [7, 11) is 0. The molecule has 1 aliphatic heterocycles. The number of rotatable bonds is 1. The van der Waals surface area contributed by atoms with Gasteiger partial charge in [-0.2, -0.15) is 0 Å². The molecule has 1 saturated heterocycles. The van der Waals surface area contributed by atoms with Crippen LogP contribution in [-0.2, 0) is 4.79 Å². The second-order valence-corrected chi connectivity index (χ2v) is 10.1. The van der Waals surface area contributed by atoms with Gasteiger partial charge in [-0.3, -0.25) is 9.78 Å². The number of fused-ring (bicyclic) bond motifs is 5. The summed E-state index contributed by atoms with van der Waals surface area (Å²) in [4.78, 5) is 16.5. The average molecular weight is 377 g/mol. The number of aromatic nitrogens is 1. The smallest absolute Gasteiger partial charge is 0.220 e. The summed E-state index contributed by atoms with van der Waals surface area (Å²) in [6.07, 6.45) is 15.5. The summed E-state index contributed by atoms with van der Waals surface area (Å²) in [6.45, 7) is 8.04. The van der Waals surface area contributed by atoms with Crippen LogP contribution in [-0.4, -0.2) is 17.4 Å². The molecule has 1 aromatic rings. The fourth-order valence-corrected chi connectivity index (χ4v) is 7.10. The van der Waals surface area contributed by atoms with E-state index in [0.29, 0.717) is 24.2 Å². The molecule has 5 rings (SSSR count). The largest absolute Gasteiger partial charge is 0.356 e. The SMILES string of the molecule is Cc1ccncc1C1=CC=C2[C@@H]3CC[C@H]4CNC(=O)CC[C@]4(C)[C@H]3CC[C@]12C. The van der Waals surface area contributed by atoms with E-state index in [9.17, 15) is 4.79 Å². The second-order valence-electron chi connectivity index (χ2n) is 10.1. The minimum atomic E-state index is 0.150. The molecule has 28 heavy (non-hydrogen) atoms. The molecule has 1 N–H and O–H groups in total. The van der Waals surface area contributed by atoms with Gasteiger partial charge in [-0.15, -0.1) is 0 Å². The number of aryl methyl sites for hydroxylation is 1. The van der Waals surface area contributed by atoms with Crippen molar-refractivity contribution in [1.29, 1.82) is 0 Å². The van der Waals surface area contributed by atoms with E-state index in [0.717, 1.165) is 13.0 Å². The average Bonchev–Trinajstić information content (AvgIpc) is 2.95. The summed E-state index contributed by atoms with van der Waals surface area (Å²) in [5.41, 5.74) is 6.21. The van der Waals surface area contributed by atoms with Crippen molar-refractivity contribution in [2.24, 2.45) is 28.6 Å². The van der Waals surface area contributed by atoms with Gasteiger partial charge in [0.05, 0.1) is 0 Å². The topological polar surface area (TPSA) is 42.0 Å². The number of hydrogen-bond acceptors (Lipinski definition) is 2. The third kappa shape index (κ3) is 2.47. The number of hydrogen-bond donors (Lipinski definition) is 1. The molecule has 0 spiro atoms. The van der Waals surface area contributed by atoms with Gasteiger partial charge in [0.15, 0.2) is 0 Å². The lowest BCUT2D eigenvalue weighted by Crippen LogP contribution is -2.49. The second kappa shape index (κ2) is 6.30. The van der Waals surface area contributed by atoms with E-state index < -0.39 is 0 Å². The van der Waals surface area contributed by atoms with E-state index in [1.807, 2.05) is 6.20 Å². The first-order valence-electron chi connectivity index (χ1n) is 11.0. The number of amides is 1. The van der Waals surface area contributed by atoms with Crippen molar-refractivity contribution in [2.45, 2.75) is 59.3 Å². The van der Waals surface area contributed by atoms with Crippen molar-refractivity contribution in [3.63, 3.8) is 0 Å². The first-order chi connectivity index (χ1) is 13.4. The fourth-order valence-electron chi connectivity index (χ4n) is 7.10. The summed E-state index contributed by atoms with van der Waals surface area (Å²) in [5, 5.41) is 3.18. The van der Waals surface area contributed by atoms with Crippen LogP contribution in [0.3, 0.4) is 0 Å². The zero-order chi connectivity index (χ0) is 19.5. The van der Waals surface area contributed by atoms with E-state index in [2.05, 4.69) is 55.5 Å². The third-order valence-corrected chi connectivity index (χ3v) is 8.87. The first-order valence-corrected chi connectivity index (χ1v) is 11.0. The molecule has 2 heterocycles. The highest BCUT2D eigenvalue weighted by atomic mass is 16.1. The molecule has 0 aromatic carbocycles. The predicted molar refractivity (Wildman–Crippen MR) is 112 cm³/mol. The molecule has 0 radical (unpaired) electrons. The lowest BCUT2D eigenvalue weighted by molar-refractivity contribution is -0.121. The van der Waals surface area contributed by atoms with Crippen LogP contribution in [0, 0.1) is 35.5 Å². The standard InChI is InChI=1S/C25H32N2O/c1-16-10-13-26-15-19(16)21-7-6-20-18-5-4-17-14-27-23(28)9-12-24(17,2)22(18)8-11-25(20,21)3/h6-7,10,13,15,17-18,22H,4-5,8-9,11-12,14H2,1-3H3,(H,27,28)/t17-,18-,22-,24-,25-/m0/s1. The van der Waals surface area contributed by atoms with Gasteiger partial charge in [-0.25, -0.2) is 0 Å². The van der Waals surface area contributed by atoms with Crippen molar-refractivity contribution < 1.29 is 4.79 Å². The highest BCUT2D eigenvalue weighted by Crippen LogP contribution is 2.64. The van der Waals surface area contributed by atoms with E-state index >= 15 is 0 Å². The maximum atomic E-state index is 12.1. The van der Waals surface area contributed by atoms with Crippen molar-refractivity contribution >= 4 is 11.5 Å². The van der Waals surface area contributed by atoms with E-state index in [1.54, 1.807) is 5.57 Å². The Kier molecular flexibility index (Phi) is 4.08. The van der Waals surface area contributed by atoms with E-state index in [1.165, 1.54) is 42.4 Å². The molecule has 3 aliphatic carbocycles. The van der Waals surface area contributed by atoms with Crippen LogP contribution in [0.2, 0.25) is 0 Å². The van der Waals surface area contributed by atoms with Gasteiger partial charge < -0.3 is 5.32 Å². The maximum Gasteiger partial charge on any atom is 0.220 e. The molecular weight excluding hydrogens is 344 g/mol. The number of allylic oxidation sites excluding steroid dienone is 4. The first kappa shape index (κ1) is 18.1. The highest BCUT2D eigenvalue weighted by Gasteiger charge is 2.55. The van der Waals surface area contributed by atoms with Crippen molar-refractivity contribution in [1.82, 2.24) is 10.3 Å². The zero-order valence-corrected chi connectivity index (χ0v) is 17.4. The minimum Gasteiger partial charge on any atom is -0.356 e. The Balaban J connectivity index is 1.48. The van der Waals surface area contributed by atoms with Crippen LogP contribution in [0.5, 0.6) is 0 Å². The van der Waals surface area contributed by atoms with Gasteiger partial charge in [0.2, 0.25) is 5.91 Å². The Morgan fingerprint density at radius 1 is 1.14 bits per heavy atom. The Hall–Kier alpha value is -1.90. The number of pyridine rings is 1. The van der Waals surface area contributed by atoms with Crippen molar-refractivity contribution in [3.8, 4) is 0 Å². The van der Waals surface area contributed by atoms with Crippen LogP contribution in [0.1, 0.15) is 63.5 Å². The van der Waals surface area contributed by atoms with Crippen molar-refractivity contribution in [3.05, 3.63) is 47.3 Å². The quantitative estimate of drug-likeness (QED) is 0.743. The normalized spacial score (nSPS) is 39.7. The monoisotopic (exact) mass is 376 g/mol. The van der Waals surface area contributed by atoms with Gasteiger partial charge in [-0.05, 0) is 85.0 Å². The Morgan fingerprint density at radius 2 is 2.00 bits per heavy atom. The lowest BCUT2D eigenvalue weighted by atomic mass is 9.48. The molecule has 0 bridgehead atoms. The molecule has 0 unspecified atom stereocenters. The Morgan fingerprint density at radius 3 is 2.82 bits per heavy atom. The van der Waals surface area contributed by atoms with E-state index in [-0.39, 0.29) is 16.7 Å². The third-order valence-electron chi connectivity index (χ3n) is 8.87. The van der Waals surface area contributed by atoms with Gasteiger partial charge in [-0.1, -0.05) is 31.6 Å². The van der Waals surface area contributed by atoms with Gasteiger partial charge in [0.25, 0.3) is 0 Å². The van der Waals surface area contributed by atoms with Crippen LogP contribution >= 0.6 is 0 Å². The Labute approximate surface area is 168 Å². The molecule has 148 valence electrons. The Bertz CT molecular complexity index is 884. The van der Waals surface area contributed by atoms with Crippen LogP contribution in [0.15, 0.2) is 36.2 Å². The molecule has 4 aliphatic rings. The molecular formula is C25H32N2O. The summed E-state index contributed by atoms with van der Waals surface area (Å²) in [6, 6.07) is 2.13. The van der Waals surface area contributed by atoms with Crippen LogP contribution in [0.4, 0.5) is 0 Å². The maximum absolute atomic E-state index is 12.1.